The van der Waals surface area contributed by atoms with E-state index in [1.54, 1.807) is 18.2 Å². The van der Waals surface area contributed by atoms with Gasteiger partial charge in [-0.15, -0.1) is 0 Å². The highest BCUT2D eigenvalue weighted by Crippen LogP contribution is 2.31. The minimum Gasteiger partial charge on any atom is -0.490 e. The Morgan fingerprint density at radius 3 is 2.47 bits per heavy atom. The van der Waals surface area contributed by atoms with E-state index in [-0.39, 0.29) is 0 Å². The molecule has 6 heteroatoms. The first-order valence-electron chi connectivity index (χ1n) is 13.2. The van der Waals surface area contributed by atoms with E-state index in [9.17, 15) is 9.90 Å². The Bertz CT molecular complexity index is 1170. The Balaban J connectivity index is 1.34. The highest BCUT2D eigenvalue weighted by molar-refractivity contribution is 5.87. The summed E-state index contributed by atoms with van der Waals surface area (Å²) in [7, 11) is 0. The summed E-state index contributed by atoms with van der Waals surface area (Å²) in [5, 5.41) is 9.41. The van der Waals surface area contributed by atoms with Gasteiger partial charge in [-0.05, 0) is 92.5 Å². The van der Waals surface area contributed by atoms with E-state index in [0.29, 0.717) is 30.2 Å². The molecule has 2 aliphatic rings. The van der Waals surface area contributed by atoms with E-state index in [1.807, 2.05) is 30.5 Å². The van der Waals surface area contributed by atoms with Crippen LogP contribution in [0.2, 0.25) is 0 Å². The Labute approximate surface area is 213 Å². The molecule has 0 amide bonds. The number of carboxylic acids is 1. The van der Waals surface area contributed by atoms with Crippen LogP contribution in [0.3, 0.4) is 0 Å². The molecule has 0 radical (unpaired) electrons. The zero-order valence-electron chi connectivity index (χ0n) is 21.0. The van der Waals surface area contributed by atoms with Gasteiger partial charge in [-0.25, -0.2) is 14.8 Å². The van der Waals surface area contributed by atoms with Crippen LogP contribution in [-0.2, 0) is 6.54 Å². The molecule has 0 spiro atoms. The molecule has 0 atom stereocenters. The monoisotopic (exact) mass is 485 g/mol. The number of anilines is 1. The fourth-order valence-corrected chi connectivity index (χ4v) is 5.47. The van der Waals surface area contributed by atoms with Crippen LogP contribution < -0.4 is 9.64 Å². The number of carbonyl (C=O) groups is 1. The van der Waals surface area contributed by atoms with Gasteiger partial charge in [0.05, 0.1) is 17.4 Å². The molecule has 36 heavy (non-hydrogen) atoms. The van der Waals surface area contributed by atoms with Crippen LogP contribution in [-0.4, -0.2) is 33.2 Å². The average Bonchev–Trinajstić information content (AvgIpc) is 3.44. The molecule has 2 fully saturated rings. The second-order valence-corrected chi connectivity index (χ2v) is 10.3. The van der Waals surface area contributed by atoms with Crippen molar-refractivity contribution in [2.24, 2.45) is 5.92 Å². The predicted octanol–water partition coefficient (Wildman–Crippen LogP) is 6.75. The van der Waals surface area contributed by atoms with Crippen LogP contribution >= 0.6 is 0 Å². The summed E-state index contributed by atoms with van der Waals surface area (Å²) >= 11 is 0. The van der Waals surface area contributed by atoms with E-state index < -0.39 is 5.97 Å². The summed E-state index contributed by atoms with van der Waals surface area (Å²) in [4.78, 5) is 23.3. The number of hydrogen-bond donors (Lipinski definition) is 1. The highest BCUT2D eigenvalue weighted by Gasteiger charge is 2.25. The third-order valence-electron chi connectivity index (χ3n) is 7.61. The van der Waals surface area contributed by atoms with Crippen LogP contribution in [0.1, 0.15) is 74.2 Å². The molecule has 1 N–H and O–H groups in total. The quantitative estimate of drug-likeness (QED) is 0.380. The number of ether oxygens (including phenoxy) is 1. The number of aromatic carboxylic acids is 1. The maximum Gasteiger partial charge on any atom is 0.335 e. The van der Waals surface area contributed by atoms with Crippen molar-refractivity contribution in [3.05, 3.63) is 71.9 Å². The van der Waals surface area contributed by atoms with E-state index in [1.165, 1.54) is 25.7 Å². The van der Waals surface area contributed by atoms with Crippen LogP contribution in [0.25, 0.3) is 11.3 Å². The van der Waals surface area contributed by atoms with Gasteiger partial charge in [0, 0.05) is 24.3 Å². The van der Waals surface area contributed by atoms with Crippen molar-refractivity contribution < 1.29 is 14.6 Å². The number of rotatable bonds is 8. The molecule has 2 aromatic carbocycles. The number of carboxylic acid groups (broad SMARTS) is 1. The lowest BCUT2D eigenvalue weighted by atomic mass is 9.89. The lowest BCUT2D eigenvalue weighted by Crippen LogP contribution is -2.34. The standard InChI is InChI=1S/C30H35N3O3/c1-21-9-13-26(14-10-21)36-27-15-11-23(12-16-27)28-17-18-31-30(32-28)33(25-7-2-3-8-25)20-22-5-4-6-24(19-22)29(34)35/h4-6,11-12,15-19,21,25-26H,2-3,7-10,13-14,20H2,1H3,(H,34,35)/t21-,26+. The summed E-state index contributed by atoms with van der Waals surface area (Å²) in [5.41, 5.74) is 3.16. The number of benzene rings is 2. The van der Waals surface area contributed by atoms with Gasteiger partial charge in [-0.3, -0.25) is 0 Å². The van der Waals surface area contributed by atoms with Gasteiger partial charge >= 0.3 is 5.97 Å². The normalized spacial score (nSPS) is 20.2. The molecule has 0 bridgehead atoms. The zero-order valence-corrected chi connectivity index (χ0v) is 21.0. The van der Waals surface area contributed by atoms with Crippen molar-refractivity contribution in [2.45, 2.75) is 77.0 Å². The van der Waals surface area contributed by atoms with Gasteiger partial charge in [-0.2, -0.15) is 0 Å². The third-order valence-corrected chi connectivity index (χ3v) is 7.61. The van der Waals surface area contributed by atoms with Crippen molar-refractivity contribution in [1.29, 1.82) is 0 Å². The minimum atomic E-state index is -0.909. The van der Waals surface area contributed by atoms with Gasteiger partial charge in [0.2, 0.25) is 5.95 Å². The maximum absolute atomic E-state index is 11.5. The minimum absolute atomic E-state index is 0.304. The molecule has 2 saturated carbocycles. The first-order chi connectivity index (χ1) is 17.5. The topological polar surface area (TPSA) is 75.5 Å². The largest absolute Gasteiger partial charge is 0.490 e. The molecule has 3 aromatic rings. The van der Waals surface area contributed by atoms with Gasteiger partial charge in [0.1, 0.15) is 5.75 Å². The average molecular weight is 486 g/mol. The fourth-order valence-electron chi connectivity index (χ4n) is 5.47. The second kappa shape index (κ2) is 11.1. The summed E-state index contributed by atoms with van der Waals surface area (Å²) < 4.78 is 6.23. The lowest BCUT2D eigenvalue weighted by Gasteiger charge is -2.29. The van der Waals surface area contributed by atoms with Crippen molar-refractivity contribution >= 4 is 11.9 Å². The third kappa shape index (κ3) is 5.86. The molecular weight excluding hydrogens is 450 g/mol. The maximum atomic E-state index is 11.5. The number of hydrogen-bond acceptors (Lipinski definition) is 5. The van der Waals surface area contributed by atoms with E-state index in [2.05, 4.69) is 28.9 Å². The summed E-state index contributed by atoms with van der Waals surface area (Å²) in [6.45, 7) is 2.91. The van der Waals surface area contributed by atoms with Gasteiger partial charge < -0.3 is 14.7 Å². The summed E-state index contributed by atoms with van der Waals surface area (Å²) in [6.07, 6.45) is 11.5. The molecule has 5 rings (SSSR count). The van der Waals surface area contributed by atoms with E-state index >= 15 is 0 Å². The number of nitrogens with zero attached hydrogens (tertiary/aromatic N) is 3. The van der Waals surface area contributed by atoms with Crippen molar-refractivity contribution in [3.63, 3.8) is 0 Å². The lowest BCUT2D eigenvalue weighted by molar-refractivity contribution is 0.0696. The summed E-state index contributed by atoms with van der Waals surface area (Å²) in [6, 6.07) is 17.7. The van der Waals surface area contributed by atoms with Crippen LogP contribution in [0.15, 0.2) is 60.8 Å². The molecule has 6 nitrogen and oxygen atoms in total. The SMILES string of the molecule is C[C@H]1CC[C@@H](Oc2ccc(-c3ccnc(N(Cc4cccc(C(=O)O)c4)C4CCCC4)n3)cc2)CC1. The second-order valence-electron chi connectivity index (χ2n) is 10.3. The Morgan fingerprint density at radius 2 is 1.75 bits per heavy atom. The Kier molecular flexibility index (Phi) is 7.49. The smallest absolute Gasteiger partial charge is 0.335 e. The molecule has 0 aliphatic heterocycles. The van der Waals surface area contributed by atoms with E-state index in [4.69, 9.17) is 9.72 Å². The van der Waals surface area contributed by atoms with Gasteiger partial charge in [0.25, 0.3) is 0 Å². The molecular formula is C30H35N3O3. The van der Waals surface area contributed by atoms with Gasteiger partial charge in [-0.1, -0.05) is 31.9 Å². The van der Waals surface area contributed by atoms with Crippen molar-refractivity contribution in [3.8, 4) is 17.0 Å². The molecule has 1 heterocycles. The number of aromatic nitrogens is 2. The molecule has 0 saturated heterocycles. The molecule has 0 unspecified atom stereocenters. The Hall–Kier alpha value is -3.41. The van der Waals surface area contributed by atoms with Crippen molar-refractivity contribution in [1.82, 2.24) is 9.97 Å². The van der Waals surface area contributed by atoms with E-state index in [0.717, 1.165) is 54.2 Å². The molecule has 188 valence electrons. The van der Waals surface area contributed by atoms with Crippen LogP contribution in [0.5, 0.6) is 5.75 Å². The first-order valence-corrected chi connectivity index (χ1v) is 13.2. The predicted molar refractivity (Wildman–Crippen MR) is 141 cm³/mol. The fraction of sp³-hybridized carbons (Fsp3) is 0.433. The molecule has 2 aliphatic carbocycles. The van der Waals surface area contributed by atoms with Crippen LogP contribution in [0.4, 0.5) is 5.95 Å². The first kappa shape index (κ1) is 24.3. The van der Waals surface area contributed by atoms with Crippen molar-refractivity contribution in [2.75, 3.05) is 4.90 Å². The molecule has 1 aromatic heterocycles. The van der Waals surface area contributed by atoms with Crippen LogP contribution in [0, 0.1) is 5.92 Å². The zero-order chi connectivity index (χ0) is 24.9. The van der Waals surface area contributed by atoms with Gasteiger partial charge in [0.15, 0.2) is 0 Å². The summed E-state index contributed by atoms with van der Waals surface area (Å²) in [5.74, 6) is 1.51. The Morgan fingerprint density at radius 1 is 1.00 bits per heavy atom. The highest BCUT2D eigenvalue weighted by atomic mass is 16.5.